The van der Waals surface area contributed by atoms with E-state index in [1.54, 1.807) is 49.7 Å². The molecule has 0 aromatic carbocycles. The van der Waals surface area contributed by atoms with E-state index in [2.05, 4.69) is 29.8 Å². The summed E-state index contributed by atoms with van der Waals surface area (Å²) in [5.41, 5.74) is -0.650. The summed E-state index contributed by atoms with van der Waals surface area (Å²) < 4.78 is 56.5. The number of unbranched alkanes of at least 4 members (excludes halogenated alkanes) is 13. The van der Waals surface area contributed by atoms with Crippen molar-refractivity contribution in [2.75, 3.05) is 112 Å². The number of likely N-dealkylation sites (tertiary alicyclic amines) is 1. The summed E-state index contributed by atoms with van der Waals surface area (Å²) in [6.07, 6.45) is 11.1. The Morgan fingerprint density at radius 3 is 1.39 bits per heavy atom. The van der Waals surface area contributed by atoms with Crippen molar-refractivity contribution in [2.24, 2.45) is 29.1 Å². The molecular formula is C90H160N4O28S2. The first kappa shape index (κ1) is 112. The van der Waals surface area contributed by atoms with Gasteiger partial charge in [0.05, 0.1) is 95.5 Å². The minimum Gasteiger partial charge on any atom is -0.466 e. The number of amides is 4. The molecule has 15 unspecified atom stereocenters. The topological polar surface area (TPSA) is 467 Å². The maximum Gasteiger partial charge on any atom is 0.407 e. The molecule has 3 saturated heterocycles. The number of alkyl carbamates (subject to hydrolysis) is 1. The van der Waals surface area contributed by atoms with Gasteiger partial charge in [-0.3, -0.25) is 38.4 Å². The van der Waals surface area contributed by atoms with Crippen LogP contribution < -0.4 is 16.0 Å². The summed E-state index contributed by atoms with van der Waals surface area (Å²) >= 11 is 0. The number of carbonyl (C=O) groups excluding carboxylic acids is 9. The van der Waals surface area contributed by atoms with Crippen molar-refractivity contribution >= 4 is 74.7 Å². The number of rotatable bonds is 72. The van der Waals surface area contributed by atoms with E-state index in [1.165, 1.54) is 0 Å². The van der Waals surface area contributed by atoms with E-state index in [4.69, 9.17) is 47.4 Å². The smallest absolute Gasteiger partial charge is 0.407 e. The van der Waals surface area contributed by atoms with Gasteiger partial charge < -0.3 is 114 Å². The molecule has 0 aromatic heterocycles. The fourth-order valence-corrected chi connectivity index (χ4v) is 19.1. The Balaban J connectivity index is 1.28. The van der Waals surface area contributed by atoms with Crippen molar-refractivity contribution < 1.29 is 136 Å². The molecule has 0 bridgehead atoms. The Labute approximate surface area is 745 Å². The second-order valence-corrected chi connectivity index (χ2v) is 38.5. The average Bonchev–Trinajstić information content (AvgIpc) is 1.17. The van der Waals surface area contributed by atoms with Gasteiger partial charge >= 0.3 is 18.0 Å². The van der Waals surface area contributed by atoms with Crippen LogP contribution in [0.3, 0.4) is 0 Å². The third kappa shape index (κ3) is 46.0. The molecule has 32 nitrogen and oxygen atoms in total. The largest absolute Gasteiger partial charge is 0.466 e. The van der Waals surface area contributed by atoms with Gasteiger partial charge in [-0.05, 0) is 148 Å². The second kappa shape index (κ2) is 65.3. The van der Waals surface area contributed by atoms with E-state index in [1.807, 2.05) is 11.8 Å². The van der Waals surface area contributed by atoms with E-state index in [0.29, 0.717) is 180 Å². The van der Waals surface area contributed by atoms with Gasteiger partial charge in [0.15, 0.2) is 12.6 Å². The van der Waals surface area contributed by atoms with Crippen LogP contribution in [0.2, 0.25) is 0 Å². The van der Waals surface area contributed by atoms with Crippen molar-refractivity contribution in [1.82, 2.24) is 20.9 Å². The molecule has 4 aliphatic rings. The highest BCUT2D eigenvalue weighted by atomic mass is 33.1. The summed E-state index contributed by atoms with van der Waals surface area (Å²) in [6.45, 7) is 11.6. The molecule has 34 heteroatoms. The molecule has 124 heavy (non-hydrogen) atoms. The third-order valence-corrected chi connectivity index (χ3v) is 27.8. The van der Waals surface area contributed by atoms with E-state index >= 15 is 0 Å². The monoisotopic (exact) mass is 1810 g/mol. The predicted octanol–water partition coefficient (Wildman–Crippen LogP) is 8.91. The van der Waals surface area contributed by atoms with Crippen molar-refractivity contribution in [3.63, 3.8) is 0 Å². The first-order valence-corrected chi connectivity index (χ1v) is 48.8. The number of carbonyl (C=O) groups is 9. The molecule has 0 spiro atoms. The Bertz CT molecular complexity index is 2740. The molecule has 0 radical (unpaired) electrons. The van der Waals surface area contributed by atoms with Gasteiger partial charge in [0, 0.05) is 158 Å². The lowest BCUT2D eigenvalue weighted by Crippen LogP contribution is -2.55. The summed E-state index contributed by atoms with van der Waals surface area (Å²) in [6, 6.07) is -0.0236. The zero-order valence-electron chi connectivity index (χ0n) is 75.8. The number of Topliss-reactive ketones (excluding diaryl/α,β-unsaturated/α-hetero) is 3. The van der Waals surface area contributed by atoms with Gasteiger partial charge in [0.25, 0.3) is 0 Å². The SMILES string of the molecule is COC[C@H]1C[C@H](OC)CN1C(=O)CCCCC(=O)CCC(C)(C)SSCCC(=O)CC(CCCOC(=O)CCCCCCCNC(=O)CCCOC1OC(CO)C(O)C(O)C1C)(CCCOC(=O)CCCCCCCNC(=O)CCCOC1OC(CO)C(O)C(O)C1C)CCCOC(=O)NCCCCCCCC(=O)CCCOC1CC(CO)C(O)C(O)C1C. The van der Waals surface area contributed by atoms with Crippen LogP contribution in [0.25, 0.3) is 0 Å². The van der Waals surface area contributed by atoms with Gasteiger partial charge in [0.1, 0.15) is 41.8 Å². The molecule has 720 valence electrons. The number of hydrogen-bond acceptors (Lipinski definition) is 30. The first-order valence-electron chi connectivity index (χ1n) is 46.5. The van der Waals surface area contributed by atoms with Crippen molar-refractivity contribution in [1.29, 1.82) is 0 Å². The fourth-order valence-electron chi connectivity index (χ4n) is 16.5. The van der Waals surface area contributed by atoms with Crippen LogP contribution in [-0.2, 0) is 85.7 Å². The molecule has 3 heterocycles. The number of aliphatic hydroxyl groups excluding tert-OH is 9. The lowest BCUT2D eigenvalue weighted by molar-refractivity contribution is -0.282. The number of ketones is 3. The molecule has 1 saturated carbocycles. The third-order valence-electron chi connectivity index (χ3n) is 24.5. The number of nitrogens with zero attached hydrogens (tertiary/aromatic N) is 1. The van der Waals surface area contributed by atoms with Crippen LogP contribution in [0.15, 0.2) is 0 Å². The predicted molar refractivity (Wildman–Crippen MR) is 469 cm³/mol. The number of hydrogen-bond donors (Lipinski definition) is 12. The van der Waals surface area contributed by atoms with Crippen LogP contribution in [0.4, 0.5) is 4.79 Å². The van der Waals surface area contributed by atoms with Gasteiger partial charge in [-0.2, -0.15) is 0 Å². The maximum atomic E-state index is 14.4. The quantitative estimate of drug-likeness (QED) is 0.0117. The second-order valence-electron chi connectivity index (χ2n) is 35.3. The summed E-state index contributed by atoms with van der Waals surface area (Å²) in [4.78, 5) is 120. The zero-order valence-corrected chi connectivity index (χ0v) is 77.4. The van der Waals surface area contributed by atoms with Crippen LogP contribution >= 0.6 is 21.6 Å². The highest BCUT2D eigenvalue weighted by molar-refractivity contribution is 8.77. The Morgan fingerprint density at radius 2 is 0.879 bits per heavy atom. The van der Waals surface area contributed by atoms with Crippen LogP contribution in [0.1, 0.15) is 291 Å². The van der Waals surface area contributed by atoms with E-state index in [0.717, 1.165) is 83.5 Å². The summed E-state index contributed by atoms with van der Waals surface area (Å²) in [5.74, 6) is -1.82. The van der Waals surface area contributed by atoms with Crippen molar-refractivity contribution in [3.05, 3.63) is 0 Å². The highest BCUT2D eigenvalue weighted by Crippen LogP contribution is 2.43. The Hall–Kier alpha value is -4.31. The van der Waals surface area contributed by atoms with Gasteiger partial charge in [-0.25, -0.2) is 4.79 Å². The molecule has 0 aromatic rings. The van der Waals surface area contributed by atoms with E-state index in [9.17, 15) is 89.1 Å². The summed E-state index contributed by atoms with van der Waals surface area (Å²) in [7, 11) is 6.50. The fraction of sp³-hybridized carbons (Fsp3) is 0.900. The van der Waals surface area contributed by atoms with Gasteiger partial charge in [-0.15, -0.1) is 0 Å². The minimum atomic E-state index is -1.22. The molecule has 12 N–H and O–H groups in total. The van der Waals surface area contributed by atoms with Crippen LogP contribution in [0, 0.1) is 29.1 Å². The molecule has 4 amide bonds. The number of methoxy groups -OCH3 is 2. The van der Waals surface area contributed by atoms with Crippen molar-refractivity contribution in [3.8, 4) is 0 Å². The highest BCUT2D eigenvalue weighted by Gasteiger charge is 2.45. The van der Waals surface area contributed by atoms with E-state index in [-0.39, 0.29) is 154 Å². The number of esters is 2. The van der Waals surface area contributed by atoms with Gasteiger partial charge in [-0.1, -0.05) is 100 Å². The van der Waals surface area contributed by atoms with Gasteiger partial charge in [0.2, 0.25) is 17.7 Å². The molecule has 4 fully saturated rings. The number of aliphatic hydroxyl groups is 9. The maximum absolute atomic E-state index is 14.4. The lowest BCUT2D eigenvalue weighted by atomic mass is 9.71. The Morgan fingerprint density at radius 1 is 0.435 bits per heavy atom. The zero-order chi connectivity index (χ0) is 91.1. The van der Waals surface area contributed by atoms with E-state index < -0.39 is 104 Å². The average molecular weight is 1810 g/mol. The molecule has 3 aliphatic heterocycles. The molecular weight excluding hydrogens is 1650 g/mol. The first-order chi connectivity index (χ1) is 59.5. The summed E-state index contributed by atoms with van der Waals surface area (Å²) in [5, 5.41) is 98.8. The minimum absolute atomic E-state index is 0.0207. The van der Waals surface area contributed by atoms with Crippen LogP contribution in [0.5, 0.6) is 0 Å². The standard InChI is InChI=1S/C90H160N4O28S2/c1-63-72(55-66(59-95)83(109)80(63)106)115-48-25-33-68(98)31-17-11-8-16-24-47-93-88(112)120-53-30-43-90(57-70(100)40-54-123-124-89(4,5)44-39-69(99)32-20-21-36-77(103)94-58-71(114-7)56-67(94)62-113-6,41-28-51-116-78(104)37-18-12-9-14-22-45-91-75(101)34-26-49-118-86-64(2)81(107)84(110)73(60-96)121-86)42-29-52-117-79(105)38-19-13-10-15-23-46-92-76(102)35-27-50-119-87-65(3)82(108)85(111)74(61-97)122-87/h63-67,71-74,80-87,95-97,106-111H,8-62H2,1-7H3,(H,91,101)(H,92,102)(H,93,112)/t63?,64?,65?,66?,67-,71+,72?,73?,74?,80?,81?,82?,83?,84?,85?,86?,87?,90?/m1/s1. The lowest BCUT2D eigenvalue weighted by Gasteiger charge is -2.40. The molecule has 17 atom stereocenters. The van der Waals surface area contributed by atoms with Crippen molar-refractivity contribution in [2.45, 2.75) is 376 Å². The number of ether oxygens (including phenoxy) is 10. The van der Waals surface area contributed by atoms with Crippen LogP contribution in [-0.4, -0.2) is 301 Å². The number of nitrogens with one attached hydrogen (secondary N) is 3. The molecule has 4 rings (SSSR count). The Kier molecular flexibility index (Phi) is 59.0. The molecule has 1 aliphatic carbocycles. The normalized spacial score (nSPS) is 25.2.